The Bertz CT molecular complexity index is 1470. The van der Waals surface area contributed by atoms with Gasteiger partial charge in [0.15, 0.2) is 5.13 Å². The van der Waals surface area contributed by atoms with Crippen LogP contribution in [0.1, 0.15) is 37.9 Å². The standard InChI is InChI=1S/C25H33N11O6S3/c26-24-28-19(31-45-24)16(30-42-15-4-1-2-5-15)20(37)27-17-21(38)36-18(23(39)40)14(12-43-22(17)36)13-44-25-29-32-33-35(25)7-3-6-34-8-10-41-11-9-34/h15,17,22H,1-13H2,(H,27,37)(H,39,40)(H2,26,28,31)/b30-16+. The molecule has 6 rings (SSSR count). The number of tetrazole rings is 1. The number of hydrogen-bond donors (Lipinski definition) is 3. The first kappa shape index (κ1) is 31.6. The first-order chi connectivity index (χ1) is 21.9. The van der Waals surface area contributed by atoms with Gasteiger partial charge in [-0.3, -0.25) is 19.4 Å². The number of β-lactam (4-membered cyclic amide) rings is 1. The first-order valence-electron chi connectivity index (χ1n) is 14.6. The SMILES string of the molecule is Nc1nc(/C(=N\OC2CCCC2)C(=O)NC2C(=O)N3C(C(=O)O)=C(CSc4nnnn4CCCN4CCOCC4)CSC23)ns1. The van der Waals surface area contributed by atoms with E-state index in [9.17, 15) is 19.5 Å². The summed E-state index contributed by atoms with van der Waals surface area (Å²) >= 11 is 3.61. The zero-order chi connectivity index (χ0) is 31.3. The molecule has 242 valence electrons. The molecule has 5 heterocycles. The molecule has 2 unspecified atom stereocenters. The van der Waals surface area contributed by atoms with Gasteiger partial charge in [-0.2, -0.15) is 9.36 Å². The second-order valence-electron chi connectivity index (χ2n) is 10.8. The second-order valence-corrected chi connectivity index (χ2v) is 13.6. The van der Waals surface area contributed by atoms with Gasteiger partial charge in [0, 0.05) is 49.2 Å². The number of carboxylic acid groups (broad SMARTS) is 1. The van der Waals surface area contributed by atoms with Gasteiger partial charge in [0.2, 0.25) is 16.7 Å². The number of nitrogens with one attached hydrogen (secondary N) is 1. The molecule has 2 amide bonds. The van der Waals surface area contributed by atoms with E-state index in [4.69, 9.17) is 15.3 Å². The van der Waals surface area contributed by atoms with Crippen molar-refractivity contribution in [1.82, 2.24) is 44.7 Å². The summed E-state index contributed by atoms with van der Waals surface area (Å²) in [6.07, 6.45) is 4.43. The van der Waals surface area contributed by atoms with Crippen molar-refractivity contribution in [2.75, 3.05) is 50.1 Å². The summed E-state index contributed by atoms with van der Waals surface area (Å²) < 4.78 is 11.2. The predicted octanol–water partition coefficient (Wildman–Crippen LogP) is 0.0233. The molecule has 0 aromatic carbocycles. The normalized spacial score (nSPS) is 22.8. The maximum atomic E-state index is 13.3. The fourth-order valence-corrected chi connectivity index (χ4v) is 8.32. The summed E-state index contributed by atoms with van der Waals surface area (Å²) in [5.74, 6) is -1.81. The zero-order valence-corrected chi connectivity index (χ0v) is 26.7. The van der Waals surface area contributed by atoms with Crippen LogP contribution in [0.5, 0.6) is 0 Å². The fraction of sp³-hybridized carbons (Fsp3) is 0.640. The van der Waals surface area contributed by atoms with Crippen LogP contribution in [-0.2, 0) is 30.5 Å². The van der Waals surface area contributed by atoms with Gasteiger partial charge < -0.3 is 25.7 Å². The number of anilines is 1. The summed E-state index contributed by atoms with van der Waals surface area (Å²) in [5.41, 5.74) is 6.03. The molecule has 0 bridgehead atoms. The van der Waals surface area contributed by atoms with E-state index >= 15 is 0 Å². The number of nitrogens with two attached hydrogens (primary N) is 1. The molecule has 3 fully saturated rings. The maximum Gasteiger partial charge on any atom is 0.352 e. The number of oxime groups is 1. The van der Waals surface area contributed by atoms with Crippen LogP contribution in [-0.4, -0.2) is 130 Å². The highest BCUT2D eigenvalue weighted by Crippen LogP contribution is 2.41. The third-order valence-electron chi connectivity index (χ3n) is 7.82. The van der Waals surface area contributed by atoms with Crippen LogP contribution in [0.25, 0.3) is 0 Å². The number of ether oxygens (including phenoxy) is 1. The minimum atomic E-state index is -1.21. The lowest BCUT2D eigenvalue weighted by atomic mass is 10.0. The summed E-state index contributed by atoms with van der Waals surface area (Å²) in [6.45, 7) is 4.82. The van der Waals surface area contributed by atoms with E-state index in [-0.39, 0.29) is 34.2 Å². The van der Waals surface area contributed by atoms with Crippen LogP contribution in [0.4, 0.5) is 5.13 Å². The minimum absolute atomic E-state index is 0.00166. The molecular weight excluding hydrogens is 647 g/mol. The third-order valence-corrected chi connectivity index (χ3v) is 10.7. The van der Waals surface area contributed by atoms with E-state index in [1.807, 2.05) is 0 Å². The Morgan fingerprint density at radius 1 is 1.22 bits per heavy atom. The van der Waals surface area contributed by atoms with E-state index < -0.39 is 29.2 Å². The van der Waals surface area contributed by atoms with Crippen molar-refractivity contribution in [1.29, 1.82) is 0 Å². The number of morpholine rings is 1. The molecule has 4 aliphatic rings. The first-order valence-corrected chi connectivity index (χ1v) is 17.4. The van der Waals surface area contributed by atoms with Crippen LogP contribution in [0, 0.1) is 0 Å². The van der Waals surface area contributed by atoms with E-state index in [0.29, 0.717) is 23.0 Å². The summed E-state index contributed by atoms with van der Waals surface area (Å²) in [6, 6.07) is -0.961. The molecule has 17 nitrogen and oxygen atoms in total. The van der Waals surface area contributed by atoms with Crippen molar-refractivity contribution in [3.8, 4) is 0 Å². The van der Waals surface area contributed by atoms with Crippen molar-refractivity contribution < 1.29 is 29.1 Å². The highest BCUT2D eigenvalue weighted by molar-refractivity contribution is 8.01. The van der Waals surface area contributed by atoms with Gasteiger partial charge in [-0.25, -0.2) is 9.48 Å². The van der Waals surface area contributed by atoms with Crippen molar-refractivity contribution >= 4 is 63.7 Å². The summed E-state index contributed by atoms with van der Waals surface area (Å²) in [7, 11) is 0. The Kier molecular flexibility index (Phi) is 10.1. The van der Waals surface area contributed by atoms with Crippen LogP contribution in [0.15, 0.2) is 21.6 Å². The van der Waals surface area contributed by atoms with Gasteiger partial charge in [0.05, 0.1) is 13.2 Å². The average Bonchev–Trinajstić information content (AvgIpc) is 3.82. The number of carbonyl (C=O) groups is 3. The number of hydrogen-bond acceptors (Lipinski definition) is 16. The summed E-state index contributed by atoms with van der Waals surface area (Å²) in [5, 5.41) is 29.0. The Hall–Kier alpha value is -3.33. The monoisotopic (exact) mass is 679 g/mol. The van der Waals surface area contributed by atoms with Crippen molar-refractivity contribution in [3.05, 3.63) is 17.1 Å². The molecule has 2 atom stereocenters. The lowest BCUT2D eigenvalue weighted by Crippen LogP contribution is -2.71. The molecule has 1 saturated carbocycles. The number of amides is 2. The van der Waals surface area contributed by atoms with Crippen LogP contribution < -0.4 is 11.1 Å². The number of carboxylic acids is 1. The molecule has 0 spiro atoms. The molecule has 2 aromatic rings. The number of carbonyl (C=O) groups excluding carboxylic acids is 2. The number of fused-ring (bicyclic) bond motifs is 1. The largest absolute Gasteiger partial charge is 0.477 e. The number of thioether (sulfide) groups is 2. The number of nitrogen functional groups attached to an aromatic ring is 1. The smallest absolute Gasteiger partial charge is 0.352 e. The van der Waals surface area contributed by atoms with Crippen molar-refractivity contribution in [2.45, 2.75) is 61.3 Å². The Balaban J connectivity index is 1.08. The van der Waals surface area contributed by atoms with Gasteiger partial charge in [-0.05, 0) is 48.1 Å². The molecule has 2 aromatic heterocycles. The quantitative estimate of drug-likeness (QED) is 0.110. The summed E-state index contributed by atoms with van der Waals surface area (Å²) in [4.78, 5) is 52.2. The third kappa shape index (κ3) is 7.24. The molecule has 45 heavy (non-hydrogen) atoms. The molecule has 4 N–H and O–H groups in total. The predicted molar refractivity (Wildman–Crippen MR) is 164 cm³/mol. The number of aliphatic carboxylic acids is 1. The van der Waals surface area contributed by atoms with Gasteiger partial charge in [0.25, 0.3) is 11.8 Å². The van der Waals surface area contributed by atoms with Crippen LogP contribution in [0.3, 0.4) is 0 Å². The number of rotatable bonds is 13. The highest BCUT2D eigenvalue weighted by atomic mass is 32.2. The van der Waals surface area contributed by atoms with E-state index in [1.165, 1.54) is 28.4 Å². The Morgan fingerprint density at radius 3 is 2.76 bits per heavy atom. The van der Waals surface area contributed by atoms with Crippen molar-refractivity contribution in [2.24, 2.45) is 5.16 Å². The van der Waals surface area contributed by atoms with Gasteiger partial charge in [0.1, 0.15) is 23.2 Å². The van der Waals surface area contributed by atoms with Gasteiger partial charge in [-0.1, -0.05) is 16.9 Å². The lowest BCUT2D eigenvalue weighted by molar-refractivity contribution is -0.150. The topological polar surface area (TPSA) is 216 Å². The molecule has 2 saturated heterocycles. The molecular formula is C25H33N11O6S3. The lowest BCUT2D eigenvalue weighted by Gasteiger charge is -2.49. The number of nitrogens with zero attached hydrogens (tertiary/aromatic N) is 9. The van der Waals surface area contributed by atoms with E-state index in [2.05, 4.69) is 40.3 Å². The van der Waals surface area contributed by atoms with E-state index in [0.717, 1.165) is 76.5 Å². The molecule has 0 radical (unpaired) electrons. The van der Waals surface area contributed by atoms with Gasteiger partial charge in [-0.15, -0.1) is 16.9 Å². The van der Waals surface area contributed by atoms with Crippen LogP contribution >= 0.6 is 35.1 Å². The van der Waals surface area contributed by atoms with E-state index in [1.54, 1.807) is 4.68 Å². The fourth-order valence-electron chi connectivity index (χ4n) is 5.50. The number of aromatic nitrogens is 6. The maximum absolute atomic E-state index is 13.3. The zero-order valence-electron chi connectivity index (χ0n) is 24.2. The highest BCUT2D eigenvalue weighted by Gasteiger charge is 2.54. The second kappa shape index (κ2) is 14.4. The molecule has 3 aliphatic heterocycles. The Labute approximate surface area is 270 Å². The van der Waals surface area contributed by atoms with Crippen LogP contribution in [0.2, 0.25) is 0 Å². The molecule has 1 aliphatic carbocycles. The van der Waals surface area contributed by atoms with Crippen molar-refractivity contribution in [3.63, 3.8) is 0 Å². The Morgan fingerprint density at radius 2 is 2.02 bits per heavy atom. The average molecular weight is 680 g/mol. The minimum Gasteiger partial charge on any atom is -0.477 e. The molecule has 20 heteroatoms. The van der Waals surface area contributed by atoms with Gasteiger partial charge >= 0.3 is 5.97 Å². The number of aryl methyl sites for hydroxylation is 1.